The third-order valence-corrected chi connectivity index (χ3v) is 6.48. The molecule has 0 aromatic heterocycles. The molecule has 0 bridgehead atoms. The monoisotopic (exact) mass is 611 g/mol. The third-order valence-electron chi connectivity index (χ3n) is 5.01. The molecular weight excluding hydrogens is 580 g/mol. The van der Waals surface area contributed by atoms with Gasteiger partial charge in [-0.15, -0.1) is 0 Å². The Labute approximate surface area is 241 Å². The van der Waals surface area contributed by atoms with Gasteiger partial charge in [0.1, 0.15) is 5.75 Å². The minimum atomic E-state index is -3.88. The molecule has 2 aromatic rings. The zero-order valence-corrected chi connectivity index (χ0v) is 23.5. The van der Waals surface area contributed by atoms with Gasteiger partial charge in [0.25, 0.3) is 5.91 Å². The molecular formula is C25H31F2N7O7S. The van der Waals surface area contributed by atoms with Crippen LogP contribution in [-0.2, 0) is 29.0 Å². The summed E-state index contributed by atoms with van der Waals surface area (Å²) in [6.07, 6.45) is 1.20. The molecule has 0 atom stereocenters. The molecule has 2 aromatic carbocycles. The summed E-state index contributed by atoms with van der Waals surface area (Å²) in [6, 6.07) is 6.82. The fourth-order valence-electron chi connectivity index (χ4n) is 3.11. The molecule has 228 valence electrons. The standard InChI is InChI=1S/C25H31F2N7O7S/c1-17(24(35)33-25(28)29)14-18-15-21(26)23(22(27)16-18)41-19-2-4-20(5-3-19)42(36,37)32-7-9-39-11-13-40-12-10-38-8-6-31-34-30/h2-5,14-16,32H,6-13H2,1H3,(H4,28,29,33,35)/b17-14+. The quantitative estimate of drug-likeness (QED) is 0.0429. The number of sulfonamides is 1. The van der Waals surface area contributed by atoms with E-state index in [4.69, 9.17) is 35.9 Å². The highest BCUT2D eigenvalue weighted by molar-refractivity contribution is 7.89. The van der Waals surface area contributed by atoms with Gasteiger partial charge in [-0.2, -0.15) is 4.99 Å². The van der Waals surface area contributed by atoms with Gasteiger partial charge in [0.2, 0.25) is 10.0 Å². The third kappa shape index (κ3) is 12.2. The van der Waals surface area contributed by atoms with E-state index < -0.39 is 39.3 Å². The zero-order valence-electron chi connectivity index (χ0n) is 22.7. The molecule has 0 saturated heterocycles. The van der Waals surface area contributed by atoms with Crippen LogP contribution in [-0.4, -0.2) is 73.0 Å². The number of halogens is 2. The number of azide groups is 1. The molecule has 2 rings (SSSR count). The fraction of sp³-hybridized carbons (Fsp3) is 0.360. The first-order chi connectivity index (χ1) is 20.0. The second kappa shape index (κ2) is 17.6. The van der Waals surface area contributed by atoms with Crippen molar-refractivity contribution in [1.29, 1.82) is 0 Å². The van der Waals surface area contributed by atoms with Crippen LogP contribution >= 0.6 is 0 Å². The van der Waals surface area contributed by atoms with Crippen molar-refractivity contribution >= 4 is 28.0 Å². The summed E-state index contributed by atoms with van der Waals surface area (Å²) in [5.74, 6) is -4.05. The zero-order chi connectivity index (χ0) is 31.0. The Morgan fingerprint density at radius 3 is 2.14 bits per heavy atom. The van der Waals surface area contributed by atoms with Crippen LogP contribution in [0.1, 0.15) is 12.5 Å². The van der Waals surface area contributed by atoms with Crippen molar-refractivity contribution in [3.8, 4) is 11.5 Å². The first-order valence-electron chi connectivity index (χ1n) is 12.4. The molecule has 0 spiro atoms. The Morgan fingerprint density at radius 1 is 1.00 bits per heavy atom. The maximum absolute atomic E-state index is 14.6. The summed E-state index contributed by atoms with van der Waals surface area (Å²) < 4.78 is 77.6. The number of aliphatic imine (C=N–C) groups is 1. The molecule has 0 aliphatic rings. The Balaban J connectivity index is 1.82. The number of carbonyl (C=O) groups is 1. The predicted octanol–water partition coefficient (Wildman–Crippen LogP) is 2.60. The SMILES string of the molecule is C/C(=C\c1cc(F)c(Oc2ccc(S(=O)(=O)NCCOCCOCCOCCN=[N+]=[N-])cc2)c(F)c1)C(=O)N=C(N)N. The molecule has 17 heteroatoms. The predicted molar refractivity (Wildman–Crippen MR) is 149 cm³/mol. The van der Waals surface area contributed by atoms with Gasteiger partial charge in [0.15, 0.2) is 23.3 Å². The smallest absolute Gasteiger partial charge is 0.275 e. The Bertz CT molecular complexity index is 1390. The van der Waals surface area contributed by atoms with Crippen LogP contribution in [0.15, 0.2) is 57.0 Å². The summed E-state index contributed by atoms with van der Waals surface area (Å²) in [5.41, 5.74) is 18.5. The number of hydrogen-bond donors (Lipinski definition) is 3. The fourth-order valence-corrected chi connectivity index (χ4v) is 4.12. The summed E-state index contributed by atoms with van der Waals surface area (Å²) in [4.78, 5) is 17.7. The van der Waals surface area contributed by atoms with E-state index in [1.807, 2.05) is 0 Å². The second-order valence-corrected chi connectivity index (χ2v) is 10.0. The number of guanidine groups is 1. The van der Waals surface area contributed by atoms with Crippen molar-refractivity contribution in [2.75, 3.05) is 52.7 Å². The first kappa shape index (κ1) is 34.1. The number of benzene rings is 2. The van der Waals surface area contributed by atoms with Crippen LogP contribution in [0, 0.1) is 11.6 Å². The van der Waals surface area contributed by atoms with Gasteiger partial charge >= 0.3 is 0 Å². The lowest BCUT2D eigenvalue weighted by Crippen LogP contribution is -2.27. The van der Waals surface area contributed by atoms with Crippen LogP contribution in [0.4, 0.5) is 8.78 Å². The van der Waals surface area contributed by atoms with Crippen molar-refractivity contribution in [1.82, 2.24) is 4.72 Å². The molecule has 5 N–H and O–H groups in total. The molecule has 14 nitrogen and oxygen atoms in total. The normalized spacial score (nSPS) is 11.5. The van der Waals surface area contributed by atoms with Crippen molar-refractivity contribution in [3.63, 3.8) is 0 Å². The van der Waals surface area contributed by atoms with Crippen LogP contribution in [0.3, 0.4) is 0 Å². The molecule has 0 unspecified atom stereocenters. The van der Waals surface area contributed by atoms with E-state index in [9.17, 15) is 22.0 Å². The van der Waals surface area contributed by atoms with Gasteiger partial charge in [0.05, 0.1) is 44.5 Å². The van der Waals surface area contributed by atoms with E-state index in [-0.39, 0.29) is 54.7 Å². The van der Waals surface area contributed by atoms with E-state index in [1.54, 1.807) is 0 Å². The Kier molecular flexibility index (Phi) is 14.3. The number of nitrogens with zero attached hydrogens (tertiary/aromatic N) is 4. The molecule has 0 saturated carbocycles. The summed E-state index contributed by atoms with van der Waals surface area (Å²) >= 11 is 0. The Morgan fingerprint density at radius 2 is 1.57 bits per heavy atom. The molecule has 1 amide bonds. The highest BCUT2D eigenvalue weighted by Gasteiger charge is 2.16. The van der Waals surface area contributed by atoms with E-state index in [1.165, 1.54) is 37.3 Å². The average Bonchev–Trinajstić information content (AvgIpc) is 2.93. The second-order valence-electron chi connectivity index (χ2n) is 8.25. The lowest BCUT2D eigenvalue weighted by Gasteiger charge is -2.11. The maximum Gasteiger partial charge on any atom is 0.275 e. The largest absolute Gasteiger partial charge is 0.451 e. The van der Waals surface area contributed by atoms with Crippen molar-refractivity contribution in [2.45, 2.75) is 11.8 Å². The lowest BCUT2D eigenvalue weighted by atomic mass is 10.1. The summed E-state index contributed by atoms with van der Waals surface area (Å²) in [6.45, 7) is 3.21. The molecule has 0 heterocycles. The first-order valence-corrected chi connectivity index (χ1v) is 13.8. The van der Waals surface area contributed by atoms with Gasteiger partial charge in [-0.25, -0.2) is 21.9 Å². The van der Waals surface area contributed by atoms with E-state index in [0.29, 0.717) is 19.8 Å². The minimum absolute atomic E-state index is 0.00263. The van der Waals surface area contributed by atoms with E-state index in [0.717, 1.165) is 12.1 Å². The van der Waals surface area contributed by atoms with Crippen molar-refractivity contribution in [3.05, 3.63) is 69.6 Å². The van der Waals surface area contributed by atoms with Crippen LogP contribution in [0.25, 0.3) is 16.5 Å². The van der Waals surface area contributed by atoms with E-state index in [2.05, 4.69) is 19.7 Å². The maximum atomic E-state index is 14.6. The van der Waals surface area contributed by atoms with Crippen LogP contribution < -0.4 is 20.9 Å². The van der Waals surface area contributed by atoms with Gasteiger partial charge in [-0.1, -0.05) is 5.11 Å². The van der Waals surface area contributed by atoms with Gasteiger partial charge < -0.3 is 30.4 Å². The van der Waals surface area contributed by atoms with Crippen LogP contribution in [0.5, 0.6) is 11.5 Å². The molecule has 0 aliphatic heterocycles. The van der Waals surface area contributed by atoms with Crippen molar-refractivity contribution < 1.29 is 40.9 Å². The number of carbonyl (C=O) groups excluding carboxylic acids is 1. The summed E-state index contributed by atoms with van der Waals surface area (Å²) in [5, 5.41) is 3.33. The number of amides is 1. The topological polar surface area (TPSA) is 213 Å². The highest BCUT2D eigenvalue weighted by atomic mass is 32.2. The number of nitrogens with two attached hydrogens (primary N) is 2. The molecule has 0 fully saturated rings. The van der Waals surface area contributed by atoms with Gasteiger partial charge in [0, 0.05) is 23.6 Å². The van der Waals surface area contributed by atoms with Crippen molar-refractivity contribution in [2.24, 2.45) is 21.6 Å². The van der Waals surface area contributed by atoms with E-state index >= 15 is 0 Å². The van der Waals surface area contributed by atoms with Gasteiger partial charge in [-0.3, -0.25) is 4.79 Å². The number of hydrogen-bond acceptors (Lipinski definition) is 8. The Hall–Kier alpha value is -4.12. The number of rotatable bonds is 18. The molecule has 0 radical (unpaired) electrons. The highest BCUT2D eigenvalue weighted by Crippen LogP contribution is 2.30. The molecule has 0 aliphatic carbocycles. The average molecular weight is 612 g/mol. The minimum Gasteiger partial charge on any atom is -0.451 e. The number of ether oxygens (including phenoxy) is 4. The molecule has 42 heavy (non-hydrogen) atoms. The number of nitrogens with one attached hydrogen (secondary N) is 1. The summed E-state index contributed by atoms with van der Waals surface area (Å²) in [7, 11) is -3.88. The van der Waals surface area contributed by atoms with Crippen LogP contribution in [0.2, 0.25) is 0 Å². The lowest BCUT2D eigenvalue weighted by molar-refractivity contribution is -0.114. The van der Waals surface area contributed by atoms with Gasteiger partial charge in [-0.05, 0) is 60.5 Å².